The van der Waals surface area contributed by atoms with Gasteiger partial charge in [0.15, 0.2) is 0 Å². The van der Waals surface area contributed by atoms with Crippen molar-refractivity contribution in [2.45, 2.75) is 33.1 Å². The first-order valence-electron chi connectivity index (χ1n) is 7.36. The second-order valence-corrected chi connectivity index (χ2v) is 5.23. The second kappa shape index (κ2) is 12.8. The molecule has 1 aromatic heterocycles. The van der Waals surface area contributed by atoms with Crippen molar-refractivity contribution >= 4 is 33.6 Å². The molecule has 9 nitrogen and oxygen atoms in total. The summed E-state index contributed by atoms with van der Waals surface area (Å²) in [6, 6.07) is 3.16. The van der Waals surface area contributed by atoms with Gasteiger partial charge in [0.2, 0.25) is 5.69 Å². The van der Waals surface area contributed by atoms with E-state index in [4.69, 9.17) is 5.26 Å². The van der Waals surface area contributed by atoms with Gasteiger partial charge in [0.05, 0.1) is 24.2 Å². The Labute approximate surface area is 153 Å². The summed E-state index contributed by atoms with van der Waals surface area (Å²) in [6.07, 6.45) is 2.70. The van der Waals surface area contributed by atoms with E-state index in [0.717, 1.165) is 0 Å². The molecule has 0 aliphatic carbocycles. The lowest BCUT2D eigenvalue weighted by Crippen LogP contribution is -2.10. The largest absolute Gasteiger partial charge is 0.466 e. The maximum absolute atomic E-state index is 11.3. The minimum Gasteiger partial charge on any atom is -0.466 e. The molecule has 0 fully saturated rings. The molecule has 0 bridgehead atoms. The smallest absolute Gasteiger partial charge is 0.364 e. The van der Waals surface area contributed by atoms with Gasteiger partial charge < -0.3 is 9.47 Å². The number of unbranched alkanes of at least 4 members (excludes halogenated alkanes) is 1. The summed E-state index contributed by atoms with van der Waals surface area (Å²) >= 11 is 3.03. The standard InChI is InChI=1S/C8H7BrN2O4.C7H11NO2/c1-2-15-8(12)7-6(11(13)14)3-5(9)4-10-7;1-2-10-7(9)5-3-4-6-8/h3-4H,2H2,1H3;2-5H2,1H3. The van der Waals surface area contributed by atoms with Gasteiger partial charge >= 0.3 is 17.6 Å². The van der Waals surface area contributed by atoms with Crippen molar-refractivity contribution in [3.63, 3.8) is 0 Å². The van der Waals surface area contributed by atoms with Crippen molar-refractivity contribution in [1.82, 2.24) is 4.98 Å². The Balaban J connectivity index is 0.000000504. The minimum absolute atomic E-state index is 0.147. The van der Waals surface area contributed by atoms with Crippen LogP contribution in [0.3, 0.4) is 0 Å². The van der Waals surface area contributed by atoms with E-state index in [0.29, 0.717) is 30.3 Å². The van der Waals surface area contributed by atoms with E-state index in [-0.39, 0.29) is 24.0 Å². The van der Waals surface area contributed by atoms with Gasteiger partial charge in [-0.05, 0) is 36.2 Å². The molecule has 0 atom stereocenters. The van der Waals surface area contributed by atoms with Gasteiger partial charge in [-0.2, -0.15) is 5.26 Å². The van der Waals surface area contributed by atoms with E-state index in [1.165, 1.54) is 12.3 Å². The third-order valence-electron chi connectivity index (χ3n) is 2.47. The topological polar surface area (TPSA) is 132 Å². The van der Waals surface area contributed by atoms with Crippen molar-refractivity contribution in [2.75, 3.05) is 13.2 Å². The molecule has 136 valence electrons. The highest BCUT2D eigenvalue weighted by Gasteiger charge is 2.23. The van der Waals surface area contributed by atoms with Gasteiger partial charge in [-0.1, -0.05) is 0 Å². The van der Waals surface area contributed by atoms with Crippen LogP contribution in [0.1, 0.15) is 43.6 Å². The van der Waals surface area contributed by atoms with E-state index < -0.39 is 10.9 Å². The Morgan fingerprint density at radius 3 is 2.52 bits per heavy atom. The Morgan fingerprint density at radius 1 is 1.36 bits per heavy atom. The number of ether oxygens (including phenoxy) is 2. The number of esters is 2. The van der Waals surface area contributed by atoms with Gasteiger partial charge in [0.25, 0.3) is 0 Å². The summed E-state index contributed by atoms with van der Waals surface area (Å²) in [4.78, 5) is 35.5. The van der Waals surface area contributed by atoms with Gasteiger partial charge in [-0.15, -0.1) is 0 Å². The number of hydrogen-bond donors (Lipinski definition) is 0. The molecule has 0 spiro atoms. The van der Waals surface area contributed by atoms with Crippen LogP contribution >= 0.6 is 15.9 Å². The molecule has 25 heavy (non-hydrogen) atoms. The SMILES string of the molecule is CCOC(=O)CCCC#N.CCOC(=O)c1ncc(Br)cc1[N+](=O)[O-]. The minimum atomic E-state index is -0.795. The van der Waals surface area contributed by atoms with Crippen LogP contribution in [-0.2, 0) is 14.3 Å². The zero-order chi connectivity index (χ0) is 19.2. The van der Waals surface area contributed by atoms with E-state index in [9.17, 15) is 19.7 Å². The average Bonchev–Trinajstić information content (AvgIpc) is 2.56. The Kier molecular flexibility index (Phi) is 11.5. The van der Waals surface area contributed by atoms with Crippen LogP contribution in [0.15, 0.2) is 16.7 Å². The van der Waals surface area contributed by atoms with Crippen molar-refractivity contribution in [3.8, 4) is 6.07 Å². The monoisotopic (exact) mass is 415 g/mol. The molecule has 0 saturated heterocycles. The molecular formula is C15H18BrN3O6. The van der Waals surface area contributed by atoms with Crippen molar-refractivity contribution < 1.29 is 24.0 Å². The molecule has 1 heterocycles. The Bertz CT molecular complexity index is 645. The number of aromatic nitrogens is 1. The molecule has 0 aromatic carbocycles. The number of carbonyl (C=O) groups is 2. The van der Waals surface area contributed by atoms with Gasteiger partial charge in [0, 0.05) is 29.6 Å². The zero-order valence-corrected chi connectivity index (χ0v) is 15.4. The van der Waals surface area contributed by atoms with Crippen LogP contribution in [0.5, 0.6) is 0 Å². The number of nitro groups is 1. The maximum Gasteiger partial charge on any atom is 0.364 e. The number of hydrogen-bond acceptors (Lipinski definition) is 8. The summed E-state index contributed by atoms with van der Waals surface area (Å²) in [7, 11) is 0. The second-order valence-electron chi connectivity index (χ2n) is 4.32. The van der Waals surface area contributed by atoms with E-state index in [1.54, 1.807) is 13.8 Å². The number of pyridine rings is 1. The predicted molar refractivity (Wildman–Crippen MR) is 90.6 cm³/mol. The first-order valence-corrected chi connectivity index (χ1v) is 8.16. The molecule has 1 aromatic rings. The van der Waals surface area contributed by atoms with Crippen LogP contribution < -0.4 is 0 Å². The highest BCUT2D eigenvalue weighted by atomic mass is 79.9. The average molecular weight is 416 g/mol. The van der Waals surface area contributed by atoms with E-state index in [1.807, 2.05) is 6.07 Å². The molecule has 10 heteroatoms. The van der Waals surface area contributed by atoms with Crippen LogP contribution in [0.25, 0.3) is 0 Å². The predicted octanol–water partition coefficient (Wildman–Crippen LogP) is 3.17. The highest BCUT2D eigenvalue weighted by Crippen LogP contribution is 2.21. The van der Waals surface area contributed by atoms with Crippen LogP contribution in [-0.4, -0.2) is 35.1 Å². The number of carbonyl (C=O) groups excluding carboxylic acids is 2. The highest BCUT2D eigenvalue weighted by molar-refractivity contribution is 9.10. The lowest BCUT2D eigenvalue weighted by molar-refractivity contribution is -0.385. The number of nitriles is 1. The van der Waals surface area contributed by atoms with Gasteiger partial charge in [0.1, 0.15) is 0 Å². The first kappa shape index (κ1) is 22.5. The number of rotatable bonds is 7. The molecule has 0 aliphatic heterocycles. The maximum atomic E-state index is 11.3. The molecular weight excluding hydrogens is 398 g/mol. The fourth-order valence-corrected chi connectivity index (χ4v) is 1.79. The first-order chi connectivity index (χ1) is 11.9. The summed E-state index contributed by atoms with van der Waals surface area (Å²) in [5.74, 6) is -1.01. The van der Waals surface area contributed by atoms with Gasteiger partial charge in [-0.25, -0.2) is 9.78 Å². The van der Waals surface area contributed by atoms with Crippen LogP contribution in [0.4, 0.5) is 5.69 Å². The lowest BCUT2D eigenvalue weighted by Gasteiger charge is -2.01. The van der Waals surface area contributed by atoms with E-state index in [2.05, 4.69) is 30.4 Å². The molecule has 0 aliphatic rings. The Hall–Kier alpha value is -2.54. The third-order valence-corrected chi connectivity index (χ3v) is 2.91. The summed E-state index contributed by atoms with van der Waals surface area (Å²) in [5, 5.41) is 18.7. The normalized spacial score (nSPS) is 9.20. The molecule has 0 saturated carbocycles. The molecule has 0 amide bonds. The summed E-state index contributed by atoms with van der Waals surface area (Å²) < 4.78 is 9.71. The number of halogens is 1. The van der Waals surface area contributed by atoms with Crippen molar-refractivity contribution in [3.05, 3.63) is 32.5 Å². The summed E-state index contributed by atoms with van der Waals surface area (Å²) in [5.41, 5.74) is -0.659. The molecule has 0 N–H and O–H groups in total. The number of nitrogens with zero attached hydrogens (tertiary/aromatic N) is 3. The molecule has 0 unspecified atom stereocenters. The Morgan fingerprint density at radius 2 is 2.00 bits per heavy atom. The lowest BCUT2D eigenvalue weighted by atomic mass is 10.2. The zero-order valence-electron chi connectivity index (χ0n) is 13.9. The van der Waals surface area contributed by atoms with Crippen LogP contribution in [0.2, 0.25) is 0 Å². The van der Waals surface area contributed by atoms with Crippen molar-refractivity contribution in [2.24, 2.45) is 0 Å². The van der Waals surface area contributed by atoms with Crippen LogP contribution in [0, 0.1) is 21.4 Å². The molecule has 1 rings (SSSR count). The third kappa shape index (κ3) is 9.36. The molecule has 0 radical (unpaired) electrons. The van der Waals surface area contributed by atoms with Gasteiger partial charge in [-0.3, -0.25) is 14.9 Å². The fourth-order valence-electron chi connectivity index (χ4n) is 1.47. The quantitative estimate of drug-likeness (QED) is 0.287. The van der Waals surface area contributed by atoms with Crippen molar-refractivity contribution in [1.29, 1.82) is 5.26 Å². The fraction of sp³-hybridized carbons (Fsp3) is 0.467. The van der Waals surface area contributed by atoms with E-state index >= 15 is 0 Å². The summed E-state index contributed by atoms with van der Waals surface area (Å²) in [6.45, 7) is 3.95.